The van der Waals surface area contributed by atoms with Crippen LogP contribution in [0, 0.1) is 0 Å². The van der Waals surface area contributed by atoms with Crippen LogP contribution in [0.4, 0.5) is 5.69 Å². The van der Waals surface area contributed by atoms with E-state index in [1.54, 1.807) is 56.3 Å². The lowest BCUT2D eigenvalue weighted by Gasteiger charge is -2.32. The predicted molar refractivity (Wildman–Crippen MR) is 162 cm³/mol. The second-order valence-corrected chi connectivity index (χ2v) is 12.3. The first kappa shape index (κ1) is 29.0. The molecular formula is C32H38N4O7. The Balaban J connectivity index is 1.58. The first-order chi connectivity index (χ1) is 20.5. The summed E-state index contributed by atoms with van der Waals surface area (Å²) < 4.78 is 19.3. The van der Waals surface area contributed by atoms with Crippen LogP contribution in [-0.2, 0) is 12.0 Å². The molecule has 0 unspecified atom stereocenters. The van der Waals surface area contributed by atoms with Gasteiger partial charge in [0.1, 0.15) is 39.9 Å². The Labute approximate surface area is 248 Å². The largest absolute Gasteiger partial charge is 0.489 e. The van der Waals surface area contributed by atoms with E-state index in [9.17, 15) is 20.2 Å². The molecule has 228 valence electrons. The van der Waals surface area contributed by atoms with Crippen LogP contribution < -0.4 is 31.8 Å². The summed E-state index contributed by atoms with van der Waals surface area (Å²) in [4.78, 5) is 18.8. The summed E-state index contributed by atoms with van der Waals surface area (Å²) in [5, 5.41) is 32.3. The molecule has 6 rings (SSSR count). The zero-order valence-electron chi connectivity index (χ0n) is 24.3. The number of aliphatic hydroxyl groups is 2. The molecule has 2 aromatic carbocycles. The Morgan fingerprint density at radius 1 is 1.21 bits per heavy atom. The van der Waals surface area contributed by atoms with Crippen molar-refractivity contribution in [2.75, 3.05) is 12.0 Å². The predicted octanol–water partition coefficient (Wildman–Crippen LogP) is 3.54. The van der Waals surface area contributed by atoms with E-state index >= 15 is 0 Å². The summed E-state index contributed by atoms with van der Waals surface area (Å²) in [6, 6.07) is 8.64. The number of anilines is 1. The molecule has 3 aliphatic rings. The number of guanidine groups is 1. The third-order valence-electron chi connectivity index (χ3n) is 8.72. The Kier molecular flexibility index (Phi) is 7.35. The van der Waals surface area contributed by atoms with Crippen molar-refractivity contribution in [2.45, 2.75) is 81.7 Å². The first-order valence-corrected chi connectivity index (χ1v) is 14.7. The minimum absolute atomic E-state index is 0.0583. The van der Waals surface area contributed by atoms with Crippen molar-refractivity contribution in [1.82, 2.24) is 0 Å². The molecular weight excluding hydrogens is 552 g/mol. The van der Waals surface area contributed by atoms with E-state index in [4.69, 9.17) is 25.4 Å². The Morgan fingerprint density at radius 2 is 1.93 bits per heavy atom. The van der Waals surface area contributed by atoms with Gasteiger partial charge in [-0.05, 0) is 63.3 Å². The van der Waals surface area contributed by atoms with Crippen LogP contribution in [0.3, 0.4) is 0 Å². The van der Waals surface area contributed by atoms with Crippen molar-refractivity contribution in [2.24, 2.45) is 16.5 Å². The Bertz CT molecular complexity index is 1650. The number of fused-ring (bicyclic) bond motifs is 3. The molecule has 0 spiro atoms. The SMILES string of the molecule is CC(C)(O)[C@H]1Cc2c(cc3oc4c(c(=O)c3c2OC2CCCC2)[C@@H](c2ccc(NO)cc2)C=C[C@@]4(O)CCN=C(N)N)O1. The van der Waals surface area contributed by atoms with Gasteiger partial charge in [0.05, 0.1) is 23.0 Å². The lowest BCUT2D eigenvalue weighted by atomic mass is 9.78. The third kappa shape index (κ3) is 5.32. The normalized spacial score (nSPS) is 23.1. The summed E-state index contributed by atoms with van der Waals surface area (Å²) >= 11 is 0. The number of ether oxygens (including phenoxy) is 2. The molecule has 43 heavy (non-hydrogen) atoms. The van der Waals surface area contributed by atoms with Gasteiger partial charge < -0.3 is 35.6 Å². The van der Waals surface area contributed by atoms with Crippen LogP contribution in [0.2, 0.25) is 0 Å². The van der Waals surface area contributed by atoms with E-state index in [1.165, 1.54) is 0 Å². The van der Waals surface area contributed by atoms with Crippen LogP contribution in [0.25, 0.3) is 11.0 Å². The maximum absolute atomic E-state index is 14.7. The molecule has 1 aliphatic heterocycles. The molecule has 0 radical (unpaired) electrons. The van der Waals surface area contributed by atoms with E-state index in [0.29, 0.717) is 23.6 Å². The number of hydrogen-bond donors (Lipinski definition) is 6. The lowest BCUT2D eigenvalue weighted by Crippen LogP contribution is -2.39. The molecule has 1 aromatic heterocycles. The van der Waals surface area contributed by atoms with Gasteiger partial charge in [0.2, 0.25) is 5.43 Å². The van der Waals surface area contributed by atoms with E-state index < -0.39 is 23.2 Å². The Hall–Kier alpha value is -4.06. The second-order valence-electron chi connectivity index (χ2n) is 12.3. The van der Waals surface area contributed by atoms with Crippen LogP contribution in [0.5, 0.6) is 11.5 Å². The Morgan fingerprint density at radius 3 is 2.58 bits per heavy atom. The van der Waals surface area contributed by atoms with Crippen molar-refractivity contribution in [3.8, 4) is 11.5 Å². The number of nitrogens with zero attached hydrogens (tertiary/aromatic N) is 1. The molecule has 0 bridgehead atoms. The topological polar surface area (TPSA) is 186 Å². The van der Waals surface area contributed by atoms with Crippen LogP contribution in [-0.4, -0.2) is 45.7 Å². The minimum atomic E-state index is -1.67. The fourth-order valence-corrected chi connectivity index (χ4v) is 6.35. The lowest BCUT2D eigenvalue weighted by molar-refractivity contribution is -0.0229. The summed E-state index contributed by atoms with van der Waals surface area (Å²) in [5.41, 5.74) is 12.5. The average molecular weight is 591 g/mol. The van der Waals surface area contributed by atoms with Crippen molar-refractivity contribution in [3.63, 3.8) is 0 Å². The molecule has 1 fully saturated rings. The van der Waals surface area contributed by atoms with Crippen molar-refractivity contribution in [3.05, 3.63) is 75.2 Å². The monoisotopic (exact) mass is 590 g/mol. The quantitative estimate of drug-likeness (QED) is 0.0981. The number of allylic oxidation sites excluding steroid dienone is 1. The van der Waals surface area contributed by atoms with Crippen molar-refractivity contribution < 1.29 is 29.3 Å². The van der Waals surface area contributed by atoms with Gasteiger partial charge in [0.25, 0.3) is 0 Å². The van der Waals surface area contributed by atoms with E-state index in [1.807, 2.05) is 0 Å². The van der Waals surface area contributed by atoms with Crippen LogP contribution in [0.15, 0.2) is 56.7 Å². The van der Waals surface area contributed by atoms with Crippen LogP contribution >= 0.6 is 0 Å². The molecule has 3 atom stereocenters. The highest BCUT2D eigenvalue weighted by molar-refractivity contribution is 5.89. The number of nitrogens with one attached hydrogen (secondary N) is 1. The van der Waals surface area contributed by atoms with Gasteiger partial charge in [-0.15, -0.1) is 0 Å². The van der Waals surface area contributed by atoms with E-state index in [-0.39, 0.29) is 52.8 Å². The van der Waals surface area contributed by atoms with Gasteiger partial charge >= 0.3 is 0 Å². The highest BCUT2D eigenvalue weighted by atomic mass is 16.5. The van der Waals surface area contributed by atoms with Gasteiger partial charge in [-0.25, -0.2) is 0 Å². The third-order valence-corrected chi connectivity index (χ3v) is 8.72. The number of aliphatic imine (C=N–C) groups is 1. The van der Waals surface area contributed by atoms with Gasteiger partial charge in [0.15, 0.2) is 5.96 Å². The molecule has 0 saturated heterocycles. The van der Waals surface area contributed by atoms with Crippen molar-refractivity contribution in [1.29, 1.82) is 0 Å². The van der Waals surface area contributed by atoms with Gasteiger partial charge in [0, 0.05) is 36.9 Å². The molecule has 11 heteroatoms. The molecule has 3 aromatic rings. The molecule has 11 nitrogen and oxygen atoms in total. The average Bonchev–Trinajstić information content (AvgIpc) is 3.64. The number of hydrogen-bond acceptors (Lipinski definition) is 9. The summed E-state index contributed by atoms with van der Waals surface area (Å²) in [6.07, 6.45) is 7.05. The maximum atomic E-state index is 14.7. The fourth-order valence-electron chi connectivity index (χ4n) is 6.35. The molecule has 2 heterocycles. The van der Waals surface area contributed by atoms with E-state index in [0.717, 1.165) is 36.8 Å². The highest BCUT2D eigenvalue weighted by Crippen LogP contribution is 2.47. The summed E-state index contributed by atoms with van der Waals surface area (Å²) in [7, 11) is 0. The van der Waals surface area contributed by atoms with Gasteiger partial charge in [-0.2, -0.15) is 0 Å². The highest BCUT2D eigenvalue weighted by Gasteiger charge is 2.43. The molecule has 2 aliphatic carbocycles. The standard InChI is InChI=1S/C32H38N4O7/c1-31(2,38)24-15-21-22(42-24)16-23-26(28(21)41-19-5-3-4-6-19)27(37)25-20(17-7-9-18(36-40)10-8-17)11-12-32(39,29(25)43-23)13-14-35-30(33)34/h7-12,16,19-20,24,36,38-40H,3-6,13-15H2,1-2H3,(H4,33,34,35)/t20-,24-,32-/m1/s1. The molecule has 0 amide bonds. The maximum Gasteiger partial charge on any atom is 0.200 e. The number of rotatable bonds is 8. The van der Waals surface area contributed by atoms with Gasteiger partial charge in [-0.3, -0.25) is 20.5 Å². The second kappa shape index (κ2) is 10.9. The zero-order valence-corrected chi connectivity index (χ0v) is 24.3. The first-order valence-electron chi connectivity index (χ1n) is 14.7. The number of nitrogens with two attached hydrogens (primary N) is 2. The summed E-state index contributed by atoms with van der Waals surface area (Å²) in [5.74, 6) is 0.326. The zero-order chi connectivity index (χ0) is 30.5. The van der Waals surface area contributed by atoms with Gasteiger partial charge in [-0.1, -0.05) is 18.2 Å². The smallest absolute Gasteiger partial charge is 0.200 e. The molecule has 8 N–H and O–H groups in total. The van der Waals surface area contributed by atoms with E-state index in [2.05, 4.69) is 10.5 Å². The minimum Gasteiger partial charge on any atom is -0.489 e. The van der Waals surface area contributed by atoms with Crippen LogP contribution in [0.1, 0.15) is 74.3 Å². The number of benzene rings is 2. The summed E-state index contributed by atoms with van der Waals surface area (Å²) in [6.45, 7) is 3.48. The van der Waals surface area contributed by atoms with Crippen molar-refractivity contribution >= 4 is 22.6 Å². The molecule has 1 saturated carbocycles. The fraction of sp³-hybridized carbons (Fsp3) is 0.438.